The highest BCUT2D eigenvalue weighted by Gasteiger charge is 2.63. The average Bonchev–Trinajstić information content (AvgIpc) is 3.25. The first-order valence-electron chi connectivity index (χ1n) is 8.77. The van der Waals surface area contributed by atoms with Gasteiger partial charge in [-0.2, -0.15) is 0 Å². The summed E-state index contributed by atoms with van der Waals surface area (Å²) in [6.07, 6.45) is 3.80. The van der Waals surface area contributed by atoms with Gasteiger partial charge in [0.2, 0.25) is 0 Å². The Morgan fingerprint density at radius 1 is 1.25 bits per heavy atom. The molecule has 2 saturated heterocycles. The Bertz CT molecular complexity index is 642. The molecule has 0 radical (unpaired) electrons. The van der Waals surface area contributed by atoms with Gasteiger partial charge >= 0.3 is 5.97 Å². The number of benzene rings is 1. The van der Waals surface area contributed by atoms with Crippen LogP contribution >= 0.6 is 0 Å². The molecule has 3 aliphatic rings. The highest BCUT2D eigenvalue weighted by atomic mass is 16.6. The Labute approximate surface area is 141 Å². The zero-order chi connectivity index (χ0) is 16.7. The van der Waals surface area contributed by atoms with Crippen molar-refractivity contribution in [2.75, 3.05) is 13.7 Å². The first-order chi connectivity index (χ1) is 11.7. The fraction of sp³-hybridized carbons (Fsp3) is 0.579. The third-order valence-corrected chi connectivity index (χ3v) is 6.01. The van der Waals surface area contributed by atoms with Crippen molar-refractivity contribution in [3.8, 4) is 0 Å². The summed E-state index contributed by atoms with van der Waals surface area (Å²) < 4.78 is 11.1. The van der Waals surface area contributed by atoms with E-state index in [-0.39, 0.29) is 17.4 Å². The van der Waals surface area contributed by atoms with Crippen LogP contribution in [0.25, 0.3) is 0 Å². The molecule has 24 heavy (non-hydrogen) atoms. The van der Waals surface area contributed by atoms with E-state index >= 15 is 0 Å². The smallest absolute Gasteiger partial charge is 0.340 e. The molecule has 1 spiro atoms. The molecule has 5 heteroatoms. The number of nitrogens with zero attached hydrogens (tertiary/aromatic N) is 1. The number of carbonyl (C=O) groups is 2. The van der Waals surface area contributed by atoms with E-state index in [1.165, 1.54) is 7.11 Å². The molecule has 3 fully saturated rings. The summed E-state index contributed by atoms with van der Waals surface area (Å²) in [4.78, 5) is 27.4. The Morgan fingerprint density at radius 2 is 2.00 bits per heavy atom. The second-order valence-corrected chi connectivity index (χ2v) is 7.08. The summed E-state index contributed by atoms with van der Waals surface area (Å²) >= 11 is 0. The molecule has 4 rings (SSSR count). The molecular formula is C19H23NO4. The van der Waals surface area contributed by atoms with Crippen LogP contribution in [0.2, 0.25) is 0 Å². The molecule has 1 saturated carbocycles. The predicted octanol–water partition coefficient (Wildman–Crippen LogP) is 2.46. The van der Waals surface area contributed by atoms with Crippen LogP contribution < -0.4 is 0 Å². The normalized spacial score (nSPS) is 32.5. The maximum Gasteiger partial charge on any atom is 0.340 e. The van der Waals surface area contributed by atoms with Gasteiger partial charge in [0.05, 0.1) is 0 Å². The van der Waals surface area contributed by atoms with Crippen molar-refractivity contribution in [2.45, 2.75) is 49.9 Å². The van der Waals surface area contributed by atoms with Gasteiger partial charge in [-0.3, -0.25) is 4.79 Å². The van der Waals surface area contributed by atoms with E-state index in [4.69, 9.17) is 9.47 Å². The van der Waals surface area contributed by atoms with E-state index in [1.54, 1.807) is 0 Å². The van der Waals surface area contributed by atoms with Gasteiger partial charge in [-0.15, -0.1) is 0 Å². The first kappa shape index (κ1) is 15.6. The van der Waals surface area contributed by atoms with E-state index in [2.05, 4.69) is 0 Å². The van der Waals surface area contributed by atoms with Gasteiger partial charge in [0.15, 0.2) is 12.2 Å². The predicted molar refractivity (Wildman–Crippen MR) is 87.1 cm³/mol. The summed E-state index contributed by atoms with van der Waals surface area (Å²) in [5.41, 5.74) is 0.703. The molecule has 1 amide bonds. The highest BCUT2D eigenvalue weighted by molar-refractivity contribution is 5.89. The summed E-state index contributed by atoms with van der Waals surface area (Å²) in [6, 6.07) is 9.27. The van der Waals surface area contributed by atoms with Crippen LogP contribution in [0.1, 0.15) is 43.8 Å². The lowest BCUT2D eigenvalue weighted by Crippen LogP contribution is -2.41. The van der Waals surface area contributed by atoms with Crippen LogP contribution in [0, 0.1) is 5.92 Å². The molecule has 1 aromatic rings. The lowest BCUT2D eigenvalue weighted by Gasteiger charge is -2.31. The fourth-order valence-corrected chi connectivity index (χ4v) is 5.03. The van der Waals surface area contributed by atoms with Crippen LogP contribution in [0.4, 0.5) is 0 Å². The fourth-order valence-electron chi connectivity index (χ4n) is 5.03. The quantitative estimate of drug-likeness (QED) is 0.796. The molecule has 5 nitrogen and oxygen atoms in total. The monoisotopic (exact) mass is 329 g/mol. The first-order valence-corrected chi connectivity index (χ1v) is 8.77. The largest absolute Gasteiger partial charge is 0.450 e. The van der Waals surface area contributed by atoms with E-state index in [9.17, 15) is 9.59 Å². The lowest BCUT2D eigenvalue weighted by molar-refractivity contribution is -0.167. The van der Waals surface area contributed by atoms with E-state index in [0.29, 0.717) is 0 Å². The van der Waals surface area contributed by atoms with Crippen molar-refractivity contribution in [3.63, 3.8) is 0 Å². The molecular weight excluding hydrogens is 306 g/mol. The maximum atomic E-state index is 12.8. The van der Waals surface area contributed by atoms with Gasteiger partial charge in [-0.25, -0.2) is 4.79 Å². The third-order valence-electron chi connectivity index (χ3n) is 6.01. The minimum Gasteiger partial charge on any atom is -0.450 e. The van der Waals surface area contributed by atoms with Crippen LogP contribution in [0.3, 0.4) is 0 Å². The standard InChI is InChI=1S/C19H23NO4/c1-23-15(13-7-3-2-4-8-13)18(22)24-16-14-9-5-10-19(14)11-6-12-20(19)17(16)21/h2-4,7-8,14-16H,5-6,9-12H2,1H3/t14-,15-,16+,19+/m0/s1. The number of methoxy groups -OCH3 is 1. The summed E-state index contributed by atoms with van der Waals surface area (Å²) in [5, 5.41) is 0. The topological polar surface area (TPSA) is 55.8 Å². The van der Waals surface area contributed by atoms with Gasteiger partial charge in [0.1, 0.15) is 0 Å². The van der Waals surface area contributed by atoms with Crippen molar-refractivity contribution >= 4 is 11.9 Å². The van der Waals surface area contributed by atoms with Crippen LogP contribution in [0.5, 0.6) is 0 Å². The van der Waals surface area contributed by atoms with Gasteiger partial charge < -0.3 is 14.4 Å². The van der Waals surface area contributed by atoms with E-state index in [1.807, 2.05) is 35.2 Å². The Balaban J connectivity index is 1.54. The number of hydrogen-bond acceptors (Lipinski definition) is 4. The van der Waals surface area contributed by atoms with Gasteiger partial charge in [-0.1, -0.05) is 36.8 Å². The molecule has 1 aliphatic carbocycles. The highest BCUT2D eigenvalue weighted by Crippen LogP contribution is 2.54. The Hall–Kier alpha value is -1.88. The Morgan fingerprint density at radius 3 is 2.75 bits per heavy atom. The number of rotatable bonds is 4. The molecule has 0 bridgehead atoms. The molecule has 2 heterocycles. The number of carbonyl (C=O) groups excluding carboxylic acids is 2. The minimum absolute atomic E-state index is 0.00605. The molecule has 0 unspecified atom stereocenters. The minimum atomic E-state index is -0.785. The number of hydrogen-bond donors (Lipinski definition) is 0. The third kappa shape index (κ3) is 2.18. The summed E-state index contributed by atoms with van der Waals surface area (Å²) in [5.74, 6) is -0.330. The lowest BCUT2D eigenvalue weighted by atomic mass is 9.85. The number of amides is 1. The van der Waals surface area contributed by atoms with Crippen molar-refractivity contribution in [1.82, 2.24) is 4.90 Å². The van der Waals surface area contributed by atoms with E-state index < -0.39 is 18.2 Å². The second-order valence-electron chi connectivity index (χ2n) is 7.08. The zero-order valence-electron chi connectivity index (χ0n) is 13.9. The van der Waals surface area contributed by atoms with Crippen LogP contribution in [0.15, 0.2) is 30.3 Å². The Kier molecular flexibility index (Phi) is 3.83. The zero-order valence-corrected chi connectivity index (χ0v) is 13.9. The molecule has 4 atom stereocenters. The van der Waals surface area contributed by atoms with Crippen LogP contribution in [-0.4, -0.2) is 42.1 Å². The second kappa shape index (κ2) is 5.88. The molecule has 128 valence electrons. The molecule has 1 aromatic carbocycles. The van der Waals surface area contributed by atoms with Crippen molar-refractivity contribution < 1.29 is 19.1 Å². The SMILES string of the molecule is CO[C@H](C(=O)O[C@H]1C(=O)N2CCC[C@@]23CCC[C@@H]13)c1ccccc1. The van der Waals surface area contributed by atoms with Gasteiger partial charge in [-0.05, 0) is 31.2 Å². The number of ether oxygens (including phenoxy) is 2. The average molecular weight is 329 g/mol. The van der Waals surface area contributed by atoms with Crippen molar-refractivity contribution in [1.29, 1.82) is 0 Å². The summed E-state index contributed by atoms with van der Waals surface area (Å²) in [7, 11) is 1.49. The van der Waals surface area contributed by atoms with Crippen molar-refractivity contribution in [3.05, 3.63) is 35.9 Å². The summed E-state index contributed by atoms with van der Waals surface area (Å²) in [6.45, 7) is 0.801. The number of esters is 1. The maximum absolute atomic E-state index is 12.8. The van der Waals surface area contributed by atoms with Gasteiger partial charge in [0.25, 0.3) is 5.91 Å². The molecule has 0 aromatic heterocycles. The van der Waals surface area contributed by atoms with Crippen LogP contribution in [-0.2, 0) is 19.1 Å². The van der Waals surface area contributed by atoms with E-state index in [0.717, 1.165) is 44.2 Å². The van der Waals surface area contributed by atoms with Gasteiger partial charge in [0, 0.05) is 25.1 Å². The molecule has 0 N–H and O–H groups in total. The van der Waals surface area contributed by atoms with Crippen molar-refractivity contribution in [2.24, 2.45) is 5.92 Å². The molecule has 2 aliphatic heterocycles.